The molecule has 2 unspecified atom stereocenters. The minimum absolute atomic E-state index is 0.0520. The quantitative estimate of drug-likeness (QED) is 0.743. The maximum atomic E-state index is 9.26. The molecule has 1 aliphatic carbocycles. The molecule has 0 spiro atoms. The van der Waals surface area contributed by atoms with Crippen LogP contribution in [0.3, 0.4) is 0 Å². The Morgan fingerprint density at radius 1 is 1.47 bits per heavy atom. The second kappa shape index (κ2) is 6.14. The summed E-state index contributed by atoms with van der Waals surface area (Å²) < 4.78 is 11.2. The Balaban J connectivity index is 2.28. The molecule has 17 heavy (non-hydrogen) atoms. The van der Waals surface area contributed by atoms with E-state index in [1.807, 2.05) is 0 Å². The molecule has 0 aliphatic heterocycles. The van der Waals surface area contributed by atoms with Crippen LogP contribution >= 0.6 is 0 Å². The smallest absolute Gasteiger partial charge is 0.0644 e. The summed E-state index contributed by atoms with van der Waals surface area (Å²) in [5.41, 5.74) is 5.51. The summed E-state index contributed by atoms with van der Waals surface area (Å²) in [6.07, 6.45) is 4.80. The fourth-order valence-electron chi connectivity index (χ4n) is 2.20. The summed E-state index contributed by atoms with van der Waals surface area (Å²) in [4.78, 5) is 0. The van der Waals surface area contributed by atoms with Crippen LogP contribution in [0.25, 0.3) is 0 Å². The summed E-state index contributed by atoms with van der Waals surface area (Å²) in [5, 5.41) is 9.26. The predicted octanol–water partition coefficient (Wildman–Crippen LogP) is 1.45. The lowest BCUT2D eigenvalue weighted by molar-refractivity contribution is -0.0456. The monoisotopic (exact) mass is 245 g/mol. The van der Waals surface area contributed by atoms with Gasteiger partial charge in [0.1, 0.15) is 0 Å². The van der Waals surface area contributed by atoms with E-state index in [4.69, 9.17) is 15.2 Å². The fourth-order valence-corrected chi connectivity index (χ4v) is 2.20. The molecule has 0 radical (unpaired) electrons. The van der Waals surface area contributed by atoms with Gasteiger partial charge in [0.25, 0.3) is 0 Å². The summed E-state index contributed by atoms with van der Waals surface area (Å²) >= 11 is 0. The van der Waals surface area contributed by atoms with Gasteiger partial charge in [0.2, 0.25) is 0 Å². The third-order valence-electron chi connectivity index (χ3n) is 3.76. The molecule has 3 N–H and O–H groups in total. The first-order valence-electron chi connectivity index (χ1n) is 6.47. The van der Waals surface area contributed by atoms with Crippen LogP contribution in [0.4, 0.5) is 0 Å². The Hall–Kier alpha value is -0.160. The number of rotatable bonds is 6. The van der Waals surface area contributed by atoms with Gasteiger partial charge in [0.05, 0.1) is 18.3 Å². The van der Waals surface area contributed by atoms with E-state index in [0.717, 1.165) is 32.1 Å². The first-order chi connectivity index (χ1) is 7.91. The van der Waals surface area contributed by atoms with Gasteiger partial charge in [-0.2, -0.15) is 0 Å². The average Bonchev–Trinajstić information content (AvgIpc) is 2.29. The predicted molar refractivity (Wildman–Crippen MR) is 67.9 cm³/mol. The second-order valence-corrected chi connectivity index (χ2v) is 5.82. The summed E-state index contributed by atoms with van der Waals surface area (Å²) in [6.45, 7) is 4.85. The fraction of sp³-hybridized carbons (Fsp3) is 1.00. The molecule has 0 saturated heterocycles. The number of aliphatic hydroxyl groups is 1. The highest BCUT2D eigenvalue weighted by atomic mass is 16.5. The minimum atomic E-state index is -0.431. The van der Waals surface area contributed by atoms with E-state index in [9.17, 15) is 5.11 Å². The van der Waals surface area contributed by atoms with Crippen molar-refractivity contribution >= 4 is 0 Å². The van der Waals surface area contributed by atoms with Crippen molar-refractivity contribution in [2.45, 2.75) is 63.2 Å². The largest absolute Gasteiger partial charge is 0.394 e. The minimum Gasteiger partial charge on any atom is -0.394 e. The van der Waals surface area contributed by atoms with Gasteiger partial charge in [-0.1, -0.05) is 0 Å². The van der Waals surface area contributed by atoms with Crippen LogP contribution in [0, 0.1) is 0 Å². The van der Waals surface area contributed by atoms with Crippen LogP contribution in [0.2, 0.25) is 0 Å². The lowest BCUT2D eigenvalue weighted by atomic mass is 9.81. The molecule has 0 aromatic carbocycles. The first kappa shape index (κ1) is 14.9. The molecule has 0 amide bonds. The molecule has 2 atom stereocenters. The van der Waals surface area contributed by atoms with Crippen molar-refractivity contribution in [3.05, 3.63) is 0 Å². The lowest BCUT2D eigenvalue weighted by Gasteiger charge is -2.36. The van der Waals surface area contributed by atoms with Crippen molar-refractivity contribution < 1.29 is 14.6 Å². The number of nitrogens with two attached hydrogens (primary N) is 1. The molecule has 102 valence electrons. The maximum absolute atomic E-state index is 9.26. The van der Waals surface area contributed by atoms with E-state index in [1.165, 1.54) is 0 Å². The van der Waals surface area contributed by atoms with E-state index in [2.05, 4.69) is 13.8 Å². The first-order valence-corrected chi connectivity index (χ1v) is 6.47. The zero-order valence-corrected chi connectivity index (χ0v) is 11.4. The Morgan fingerprint density at radius 2 is 2.18 bits per heavy atom. The number of hydrogen-bond acceptors (Lipinski definition) is 4. The van der Waals surface area contributed by atoms with Crippen molar-refractivity contribution in [3.8, 4) is 0 Å². The van der Waals surface area contributed by atoms with Crippen molar-refractivity contribution in [2.75, 3.05) is 20.3 Å². The lowest BCUT2D eigenvalue weighted by Crippen LogP contribution is -2.49. The van der Waals surface area contributed by atoms with Crippen LogP contribution in [-0.4, -0.2) is 42.7 Å². The molecule has 0 heterocycles. The number of methoxy groups -OCH3 is 1. The number of ether oxygens (including phenoxy) is 2. The van der Waals surface area contributed by atoms with E-state index in [-0.39, 0.29) is 18.3 Å². The molecule has 0 aromatic rings. The highest BCUT2D eigenvalue weighted by molar-refractivity contribution is 4.90. The van der Waals surface area contributed by atoms with Crippen LogP contribution in [0.5, 0.6) is 0 Å². The van der Waals surface area contributed by atoms with Gasteiger partial charge in [-0.3, -0.25) is 0 Å². The SMILES string of the molecule is COC(C)(C)CCOC1CCCC(N)(CO)C1. The highest BCUT2D eigenvalue weighted by Crippen LogP contribution is 2.28. The van der Waals surface area contributed by atoms with Crippen LogP contribution in [0.15, 0.2) is 0 Å². The second-order valence-electron chi connectivity index (χ2n) is 5.82. The van der Waals surface area contributed by atoms with Crippen LogP contribution in [0.1, 0.15) is 46.0 Å². The van der Waals surface area contributed by atoms with Gasteiger partial charge < -0.3 is 20.3 Å². The average molecular weight is 245 g/mol. The Morgan fingerprint density at radius 3 is 2.76 bits per heavy atom. The van der Waals surface area contributed by atoms with E-state index < -0.39 is 5.54 Å². The summed E-state index contributed by atoms with van der Waals surface area (Å²) in [7, 11) is 1.72. The van der Waals surface area contributed by atoms with Gasteiger partial charge in [0, 0.05) is 19.3 Å². The van der Waals surface area contributed by atoms with Gasteiger partial charge in [-0.05, 0) is 46.0 Å². The molecule has 1 saturated carbocycles. The normalized spacial score (nSPS) is 30.5. The highest BCUT2D eigenvalue weighted by Gasteiger charge is 2.32. The molecule has 0 bridgehead atoms. The van der Waals surface area contributed by atoms with Crippen LogP contribution in [-0.2, 0) is 9.47 Å². The zero-order chi connectivity index (χ0) is 12.9. The molecule has 1 fully saturated rings. The Kier molecular flexibility index (Phi) is 5.38. The molecule has 4 nitrogen and oxygen atoms in total. The van der Waals surface area contributed by atoms with Crippen molar-refractivity contribution in [1.29, 1.82) is 0 Å². The van der Waals surface area contributed by atoms with E-state index >= 15 is 0 Å². The zero-order valence-electron chi connectivity index (χ0n) is 11.4. The van der Waals surface area contributed by atoms with Crippen LogP contribution < -0.4 is 5.73 Å². The Labute approximate surface area is 104 Å². The number of hydrogen-bond donors (Lipinski definition) is 2. The molecule has 4 heteroatoms. The van der Waals surface area contributed by atoms with Gasteiger partial charge >= 0.3 is 0 Å². The van der Waals surface area contributed by atoms with Crippen molar-refractivity contribution in [2.24, 2.45) is 5.73 Å². The van der Waals surface area contributed by atoms with Crippen molar-refractivity contribution in [3.63, 3.8) is 0 Å². The number of aliphatic hydroxyl groups excluding tert-OH is 1. The molecular formula is C13H27NO3. The standard InChI is InChI=1S/C13H27NO3/c1-12(2,16-3)7-8-17-11-5-4-6-13(14,9-11)10-15/h11,15H,4-10,14H2,1-3H3. The topological polar surface area (TPSA) is 64.7 Å². The molecule has 0 aromatic heterocycles. The van der Waals surface area contributed by atoms with Gasteiger partial charge in [0.15, 0.2) is 0 Å². The summed E-state index contributed by atoms with van der Waals surface area (Å²) in [6, 6.07) is 0. The van der Waals surface area contributed by atoms with Crippen molar-refractivity contribution in [1.82, 2.24) is 0 Å². The van der Waals surface area contributed by atoms with Gasteiger partial charge in [-0.15, -0.1) is 0 Å². The third-order valence-corrected chi connectivity index (χ3v) is 3.76. The van der Waals surface area contributed by atoms with E-state index in [1.54, 1.807) is 7.11 Å². The van der Waals surface area contributed by atoms with E-state index in [0.29, 0.717) is 6.61 Å². The molecule has 1 aliphatic rings. The Bertz CT molecular complexity index is 233. The summed E-state index contributed by atoms with van der Waals surface area (Å²) in [5.74, 6) is 0. The third kappa shape index (κ3) is 4.92. The molecule has 1 rings (SSSR count). The van der Waals surface area contributed by atoms with Gasteiger partial charge in [-0.25, -0.2) is 0 Å². The maximum Gasteiger partial charge on any atom is 0.0644 e. The molecular weight excluding hydrogens is 218 g/mol.